The first-order chi connectivity index (χ1) is 7.47. The lowest BCUT2D eigenvalue weighted by molar-refractivity contribution is -0.149. The summed E-state index contributed by atoms with van der Waals surface area (Å²) in [4.78, 5) is 11.5. The van der Waals surface area contributed by atoms with Crippen LogP contribution in [0.1, 0.15) is 46.0 Å². The summed E-state index contributed by atoms with van der Waals surface area (Å²) < 4.78 is 16.9. The Kier molecular flexibility index (Phi) is 4.96. The molecule has 0 saturated heterocycles. The fraction of sp³-hybridized carbons (Fsp3) is 0.917. The molecular weight excluding hydrogens is 224 g/mol. The molecule has 1 aliphatic rings. The quantitative estimate of drug-likeness (QED) is 0.715. The highest BCUT2D eigenvalue weighted by atomic mass is 32.2. The van der Waals surface area contributed by atoms with Crippen LogP contribution in [0.5, 0.6) is 0 Å². The fourth-order valence-electron chi connectivity index (χ4n) is 2.14. The minimum Gasteiger partial charge on any atom is -0.469 e. The molecule has 0 radical (unpaired) electrons. The van der Waals surface area contributed by atoms with Crippen molar-refractivity contribution in [2.45, 2.75) is 51.2 Å². The largest absolute Gasteiger partial charge is 0.469 e. The number of rotatable bonds is 4. The van der Waals surface area contributed by atoms with Crippen LogP contribution in [0.25, 0.3) is 0 Å². The number of carbonyl (C=O) groups is 1. The third-order valence-electron chi connectivity index (χ3n) is 3.17. The van der Waals surface area contributed by atoms with Gasteiger partial charge < -0.3 is 4.74 Å². The van der Waals surface area contributed by atoms with Gasteiger partial charge in [-0.1, -0.05) is 19.3 Å². The Morgan fingerprint density at radius 3 is 2.38 bits per heavy atom. The molecule has 1 rings (SSSR count). The van der Waals surface area contributed by atoms with E-state index in [0.717, 1.165) is 12.8 Å². The Labute approximate surface area is 100 Å². The predicted molar refractivity (Wildman–Crippen MR) is 65.7 cm³/mol. The van der Waals surface area contributed by atoms with Gasteiger partial charge in [0, 0.05) is 21.8 Å². The molecule has 0 aliphatic heterocycles. The molecule has 94 valence electrons. The minimum atomic E-state index is -0.899. The van der Waals surface area contributed by atoms with Crippen molar-refractivity contribution in [1.82, 2.24) is 0 Å². The van der Waals surface area contributed by atoms with Gasteiger partial charge in [-0.05, 0) is 26.7 Å². The van der Waals surface area contributed by atoms with Gasteiger partial charge in [0.1, 0.15) is 0 Å². The van der Waals surface area contributed by atoms with E-state index < -0.39 is 16.2 Å². The van der Waals surface area contributed by atoms with Gasteiger partial charge in [-0.15, -0.1) is 0 Å². The van der Waals surface area contributed by atoms with Crippen LogP contribution in [0, 0.1) is 5.41 Å². The average Bonchev–Trinajstić information content (AvgIpc) is 2.28. The highest BCUT2D eigenvalue weighted by Crippen LogP contribution is 2.26. The summed E-state index contributed by atoms with van der Waals surface area (Å²) in [6.45, 7) is 3.61. The zero-order valence-corrected chi connectivity index (χ0v) is 11.3. The molecule has 3 nitrogen and oxygen atoms in total. The predicted octanol–water partition coefficient (Wildman–Crippen LogP) is 2.27. The summed E-state index contributed by atoms with van der Waals surface area (Å²) in [5, 5.41) is 0.290. The van der Waals surface area contributed by atoms with Crippen molar-refractivity contribution in [3.8, 4) is 0 Å². The normalized spacial score (nSPS) is 20.4. The molecule has 0 aromatic heterocycles. The van der Waals surface area contributed by atoms with Crippen LogP contribution in [-0.4, -0.2) is 28.3 Å². The van der Waals surface area contributed by atoms with Gasteiger partial charge in [-0.3, -0.25) is 9.00 Å². The maximum Gasteiger partial charge on any atom is 0.312 e. The van der Waals surface area contributed by atoms with Crippen molar-refractivity contribution in [2.24, 2.45) is 5.41 Å². The second-order valence-corrected chi connectivity index (χ2v) is 6.88. The molecule has 1 unspecified atom stereocenters. The number of methoxy groups -OCH3 is 1. The highest BCUT2D eigenvalue weighted by molar-refractivity contribution is 7.85. The molecule has 0 bridgehead atoms. The second-order valence-electron chi connectivity index (χ2n) is 5.16. The zero-order chi connectivity index (χ0) is 12.2. The molecule has 0 spiro atoms. The monoisotopic (exact) mass is 246 g/mol. The second kappa shape index (κ2) is 5.80. The Hall–Kier alpha value is -0.380. The first-order valence-electron chi connectivity index (χ1n) is 5.93. The standard InChI is InChI=1S/C12H22O3S/c1-12(2,11(13)15-3)9-16(14)10-7-5-4-6-8-10/h10H,4-9H2,1-3H3. The summed E-state index contributed by atoms with van der Waals surface area (Å²) in [5.41, 5.74) is -0.628. The topological polar surface area (TPSA) is 43.4 Å². The van der Waals surface area contributed by atoms with Crippen molar-refractivity contribution < 1.29 is 13.7 Å². The molecule has 1 fully saturated rings. The van der Waals surface area contributed by atoms with E-state index in [-0.39, 0.29) is 11.2 Å². The van der Waals surface area contributed by atoms with Crippen LogP contribution in [-0.2, 0) is 20.3 Å². The van der Waals surface area contributed by atoms with Crippen molar-refractivity contribution >= 4 is 16.8 Å². The van der Waals surface area contributed by atoms with E-state index in [1.54, 1.807) is 13.8 Å². The van der Waals surface area contributed by atoms with Crippen LogP contribution in [0.2, 0.25) is 0 Å². The third-order valence-corrected chi connectivity index (χ3v) is 5.39. The van der Waals surface area contributed by atoms with Crippen LogP contribution < -0.4 is 0 Å². The maximum absolute atomic E-state index is 12.1. The van der Waals surface area contributed by atoms with Gasteiger partial charge in [-0.2, -0.15) is 0 Å². The number of hydrogen-bond donors (Lipinski definition) is 0. The van der Waals surface area contributed by atoms with E-state index in [9.17, 15) is 9.00 Å². The lowest BCUT2D eigenvalue weighted by Crippen LogP contribution is -2.35. The SMILES string of the molecule is COC(=O)C(C)(C)CS(=O)C1CCCCC1. The zero-order valence-electron chi connectivity index (χ0n) is 10.5. The van der Waals surface area contributed by atoms with E-state index in [1.807, 2.05) is 0 Å². The first kappa shape index (κ1) is 13.7. The van der Waals surface area contributed by atoms with Crippen LogP contribution >= 0.6 is 0 Å². The van der Waals surface area contributed by atoms with E-state index in [0.29, 0.717) is 5.75 Å². The number of esters is 1. The summed E-state index contributed by atoms with van der Waals surface area (Å²) >= 11 is 0. The summed E-state index contributed by atoms with van der Waals surface area (Å²) in [7, 11) is 0.484. The maximum atomic E-state index is 12.1. The number of ether oxygens (including phenoxy) is 1. The molecule has 1 saturated carbocycles. The van der Waals surface area contributed by atoms with Gasteiger partial charge in [0.15, 0.2) is 0 Å². The Morgan fingerprint density at radius 2 is 1.88 bits per heavy atom. The van der Waals surface area contributed by atoms with E-state index in [2.05, 4.69) is 0 Å². The van der Waals surface area contributed by atoms with Crippen LogP contribution in [0.4, 0.5) is 0 Å². The molecule has 0 N–H and O–H groups in total. The lowest BCUT2D eigenvalue weighted by Gasteiger charge is -2.26. The van der Waals surface area contributed by atoms with Gasteiger partial charge >= 0.3 is 5.97 Å². The third kappa shape index (κ3) is 3.58. The Bertz CT molecular complexity index is 267. The van der Waals surface area contributed by atoms with E-state index in [4.69, 9.17) is 4.74 Å². The van der Waals surface area contributed by atoms with Gasteiger partial charge in [0.25, 0.3) is 0 Å². The fourth-order valence-corrected chi connectivity index (χ4v) is 4.06. The molecule has 16 heavy (non-hydrogen) atoms. The van der Waals surface area contributed by atoms with Crippen molar-refractivity contribution in [2.75, 3.05) is 12.9 Å². The van der Waals surface area contributed by atoms with Gasteiger partial charge in [0.2, 0.25) is 0 Å². The summed E-state index contributed by atoms with van der Waals surface area (Å²) in [6, 6.07) is 0. The van der Waals surface area contributed by atoms with Crippen LogP contribution in [0.15, 0.2) is 0 Å². The van der Waals surface area contributed by atoms with Crippen LogP contribution in [0.3, 0.4) is 0 Å². The Morgan fingerprint density at radius 1 is 1.31 bits per heavy atom. The smallest absolute Gasteiger partial charge is 0.312 e. The van der Waals surface area contributed by atoms with Crippen molar-refractivity contribution in [1.29, 1.82) is 0 Å². The molecule has 0 aromatic rings. The summed E-state index contributed by atoms with van der Waals surface area (Å²) in [6.07, 6.45) is 5.70. The molecule has 0 heterocycles. The van der Waals surface area contributed by atoms with E-state index >= 15 is 0 Å². The van der Waals surface area contributed by atoms with Crippen molar-refractivity contribution in [3.63, 3.8) is 0 Å². The molecule has 0 amide bonds. The molecular formula is C12H22O3S. The lowest BCUT2D eigenvalue weighted by atomic mass is 9.97. The molecule has 0 aromatic carbocycles. The van der Waals surface area contributed by atoms with Crippen molar-refractivity contribution in [3.05, 3.63) is 0 Å². The summed E-state index contributed by atoms with van der Waals surface area (Å²) in [5.74, 6) is 0.154. The average molecular weight is 246 g/mol. The Balaban J connectivity index is 2.52. The van der Waals surface area contributed by atoms with E-state index in [1.165, 1.54) is 26.4 Å². The molecule has 4 heteroatoms. The first-order valence-corrected chi connectivity index (χ1v) is 7.31. The number of hydrogen-bond acceptors (Lipinski definition) is 3. The molecule has 1 atom stereocenters. The van der Waals surface area contributed by atoms with Gasteiger partial charge in [-0.25, -0.2) is 0 Å². The minimum absolute atomic E-state index is 0.267. The number of carbonyl (C=O) groups excluding carboxylic acids is 1. The van der Waals surface area contributed by atoms with Gasteiger partial charge in [0.05, 0.1) is 12.5 Å². The molecule has 1 aliphatic carbocycles. The highest BCUT2D eigenvalue weighted by Gasteiger charge is 2.33.